The predicted octanol–water partition coefficient (Wildman–Crippen LogP) is 3.62. The van der Waals surface area contributed by atoms with Crippen LogP contribution in [0, 0.1) is 0 Å². The van der Waals surface area contributed by atoms with Crippen LogP contribution in [0.1, 0.15) is 26.3 Å². The number of nitrogens with zero attached hydrogens (tertiary/aromatic N) is 3. The van der Waals surface area contributed by atoms with Crippen LogP contribution < -0.4 is 10.6 Å². The molecule has 9 heteroatoms. The molecule has 0 spiro atoms. The van der Waals surface area contributed by atoms with Crippen molar-refractivity contribution in [2.45, 2.75) is 38.8 Å². The van der Waals surface area contributed by atoms with Crippen LogP contribution in [-0.4, -0.2) is 44.8 Å². The molecular weight excluding hydrogens is 442 g/mol. The molecule has 174 valence electrons. The maximum Gasteiger partial charge on any atom is 0.320 e. The zero-order valence-corrected chi connectivity index (χ0v) is 19.9. The zero-order valence-electron chi connectivity index (χ0n) is 19.1. The van der Waals surface area contributed by atoms with Crippen LogP contribution in [0.25, 0.3) is 11.3 Å². The molecule has 2 N–H and O–H groups in total. The van der Waals surface area contributed by atoms with Crippen LogP contribution >= 0.6 is 11.6 Å². The Morgan fingerprint density at radius 3 is 2.55 bits per heavy atom. The molecule has 2 heterocycles. The quantitative estimate of drug-likeness (QED) is 0.386. The van der Waals surface area contributed by atoms with Crippen molar-refractivity contribution >= 4 is 29.3 Å². The number of aryl methyl sites for hydroxylation is 1. The van der Waals surface area contributed by atoms with Gasteiger partial charge in [-0.3, -0.25) is 19.6 Å². The monoisotopic (exact) mass is 469 g/mol. The molecule has 0 saturated heterocycles. The molecular formula is C24H28ClN5O3. The Bertz CT molecular complexity index is 1110. The number of esters is 1. The summed E-state index contributed by atoms with van der Waals surface area (Å²) in [6.07, 6.45) is 2.00. The topological polar surface area (TPSA) is 98.1 Å². The van der Waals surface area contributed by atoms with Gasteiger partial charge in [0, 0.05) is 24.9 Å². The van der Waals surface area contributed by atoms with Crippen molar-refractivity contribution in [2.75, 3.05) is 11.9 Å². The van der Waals surface area contributed by atoms with Gasteiger partial charge < -0.3 is 10.1 Å². The van der Waals surface area contributed by atoms with Gasteiger partial charge in [0.05, 0.1) is 18.3 Å². The maximum absolute atomic E-state index is 13.2. The predicted molar refractivity (Wildman–Crippen MR) is 128 cm³/mol. The number of benzene rings is 1. The molecule has 0 saturated carbocycles. The van der Waals surface area contributed by atoms with Crippen molar-refractivity contribution in [1.29, 1.82) is 0 Å². The summed E-state index contributed by atoms with van der Waals surface area (Å²) in [5, 5.41) is 10.8. The second-order valence-corrected chi connectivity index (χ2v) is 8.99. The number of hydrogen-bond donors (Lipinski definition) is 2. The van der Waals surface area contributed by atoms with E-state index in [4.69, 9.17) is 16.3 Å². The molecule has 3 aromatic rings. The van der Waals surface area contributed by atoms with Gasteiger partial charge in [-0.25, -0.2) is 4.98 Å². The second-order valence-electron chi connectivity index (χ2n) is 8.60. The van der Waals surface area contributed by atoms with Crippen molar-refractivity contribution in [2.24, 2.45) is 7.05 Å². The fourth-order valence-electron chi connectivity index (χ4n) is 3.19. The van der Waals surface area contributed by atoms with Gasteiger partial charge in [0.1, 0.15) is 16.6 Å². The number of nitrogens with one attached hydrogen (secondary N) is 2. The Kier molecular flexibility index (Phi) is 7.84. The molecule has 0 aliphatic rings. The Balaban J connectivity index is 1.74. The average molecular weight is 470 g/mol. The number of hydrogen-bond acceptors (Lipinski definition) is 6. The summed E-state index contributed by atoms with van der Waals surface area (Å²) < 4.78 is 6.93. The van der Waals surface area contributed by atoms with Gasteiger partial charge in [-0.1, -0.05) is 41.9 Å². The first-order valence-corrected chi connectivity index (χ1v) is 10.9. The third-order valence-corrected chi connectivity index (χ3v) is 4.87. The van der Waals surface area contributed by atoms with E-state index in [-0.39, 0.29) is 12.5 Å². The number of ether oxygens (including phenoxy) is 1. The summed E-state index contributed by atoms with van der Waals surface area (Å²) in [6, 6.07) is 14.2. The lowest BCUT2D eigenvalue weighted by Gasteiger charge is -2.22. The maximum atomic E-state index is 13.2. The van der Waals surface area contributed by atoms with Crippen LogP contribution in [0.4, 0.5) is 5.82 Å². The third-order valence-electron chi connectivity index (χ3n) is 4.67. The van der Waals surface area contributed by atoms with Gasteiger partial charge in [0.25, 0.3) is 0 Å². The number of pyridine rings is 1. The van der Waals surface area contributed by atoms with Crippen molar-refractivity contribution in [3.05, 3.63) is 65.4 Å². The Hall–Kier alpha value is -3.23. The lowest BCUT2D eigenvalue weighted by Crippen LogP contribution is -2.45. The van der Waals surface area contributed by atoms with Crippen molar-refractivity contribution in [3.8, 4) is 11.3 Å². The van der Waals surface area contributed by atoms with Crippen LogP contribution in [0.5, 0.6) is 0 Å². The molecule has 8 nitrogen and oxygen atoms in total. The summed E-state index contributed by atoms with van der Waals surface area (Å²) >= 11 is 5.98. The number of rotatable bonds is 8. The molecule has 0 bridgehead atoms. The second kappa shape index (κ2) is 10.6. The van der Waals surface area contributed by atoms with E-state index in [9.17, 15) is 9.59 Å². The lowest BCUT2D eigenvalue weighted by molar-refractivity contribution is -0.153. The minimum atomic E-state index is -0.659. The zero-order chi connectivity index (χ0) is 24.0. The van der Waals surface area contributed by atoms with E-state index in [0.717, 1.165) is 11.1 Å². The van der Waals surface area contributed by atoms with Gasteiger partial charge >= 0.3 is 5.97 Å². The standard InChI is InChI=1S/C24H28ClN5O3/c1-24(2,3)33-22(31)15-27-19(12-16-8-6-5-7-9-16)23(32)28-21-14-18(29-30(21)4)17-10-11-26-20(25)13-17/h5-11,13-14,19,27H,12,15H2,1-4H3,(H,28,32). The minimum absolute atomic E-state index is 0.0889. The largest absolute Gasteiger partial charge is 0.459 e. The van der Waals surface area contributed by atoms with Crippen LogP contribution in [0.3, 0.4) is 0 Å². The van der Waals surface area contributed by atoms with Crippen molar-refractivity contribution in [1.82, 2.24) is 20.1 Å². The summed E-state index contributed by atoms with van der Waals surface area (Å²) in [5.41, 5.74) is 1.80. The fourth-order valence-corrected chi connectivity index (χ4v) is 3.37. The van der Waals surface area contributed by atoms with Gasteiger partial charge in [0.15, 0.2) is 0 Å². The average Bonchev–Trinajstić information content (AvgIpc) is 3.11. The molecule has 0 aliphatic carbocycles. The third kappa shape index (κ3) is 7.40. The van der Waals surface area contributed by atoms with E-state index >= 15 is 0 Å². The number of halogens is 1. The highest BCUT2D eigenvalue weighted by Gasteiger charge is 2.23. The van der Waals surface area contributed by atoms with E-state index in [0.29, 0.717) is 23.1 Å². The van der Waals surface area contributed by atoms with Gasteiger partial charge in [-0.2, -0.15) is 5.10 Å². The molecule has 0 fully saturated rings. The van der Waals surface area contributed by atoms with Crippen molar-refractivity contribution in [3.63, 3.8) is 0 Å². The molecule has 1 amide bonds. The fraction of sp³-hybridized carbons (Fsp3) is 0.333. The van der Waals surface area contributed by atoms with E-state index in [1.165, 1.54) is 0 Å². The minimum Gasteiger partial charge on any atom is -0.459 e. The molecule has 2 aromatic heterocycles. The molecule has 33 heavy (non-hydrogen) atoms. The number of carbonyl (C=O) groups excluding carboxylic acids is 2. The van der Waals surface area contributed by atoms with Crippen molar-refractivity contribution < 1.29 is 14.3 Å². The molecule has 1 aromatic carbocycles. The van der Waals surface area contributed by atoms with Crippen LogP contribution in [0.15, 0.2) is 54.7 Å². The highest BCUT2D eigenvalue weighted by Crippen LogP contribution is 2.23. The van der Waals surface area contributed by atoms with Gasteiger partial charge in [0.2, 0.25) is 5.91 Å². The Labute approximate surface area is 198 Å². The molecule has 3 rings (SSSR count). The van der Waals surface area contributed by atoms with Crippen LogP contribution in [0.2, 0.25) is 5.15 Å². The number of anilines is 1. The van der Waals surface area contributed by atoms with E-state index in [1.807, 2.05) is 30.3 Å². The number of aromatic nitrogens is 3. The first kappa shape index (κ1) is 24.4. The van der Waals surface area contributed by atoms with E-state index in [2.05, 4.69) is 20.7 Å². The molecule has 1 atom stereocenters. The van der Waals surface area contributed by atoms with E-state index in [1.54, 1.807) is 56.9 Å². The molecule has 1 unspecified atom stereocenters. The Morgan fingerprint density at radius 2 is 1.88 bits per heavy atom. The number of amides is 1. The summed E-state index contributed by atoms with van der Waals surface area (Å²) in [7, 11) is 1.74. The smallest absolute Gasteiger partial charge is 0.320 e. The highest BCUT2D eigenvalue weighted by molar-refractivity contribution is 6.29. The molecule has 0 radical (unpaired) electrons. The summed E-state index contributed by atoms with van der Waals surface area (Å²) in [4.78, 5) is 29.3. The lowest BCUT2D eigenvalue weighted by atomic mass is 10.1. The first-order chi connectivity index (χ1) is 15.6. The van der Waals surface area contributed by atoms with Gasteiger partial charge in [-0.05, 0) is 44.9 Å². The normalized spacial score (nSPS) is 12.3. The number of carbonyl (C=O) groups is 2. The molecule has 0 aliphatic heterocycles. The van der Waals surface area contributed by atoms with Crippen LogP contribution in [-0.2, 0) is 27.8 Å². The summed E-state index contributed by atoms with van der Waals surface area (Å²) in [6.45, 7) is 5.31. The first-order valence-electron chi connectivity index (χ1n) is 10.6. The Morgan fingerprint density at radius 1 is 1.15 bits per heavy atom. The highest BCUT2D eigenvalue weighted by atomic mass is 35.5. The van der Waals surface area contributed by atoms with E-state index < -0.39 is 17.6 Å². The summed E-state index contributed by atoms with van der Waals surface area (Å²) in [5.74, 6) is -0.199. The SMILES string of the molecule is Cn1nc(-c2ccnc(Cl)c2)cc1NC(=O)C(Cc1ccccc1)NCC(=O)OC(C)(C)C. The van der Waals surface area contributed by atoms with Gasteiger partial charge in [-0.15, -0.1) is 0 Å².